The van der Waals surface area contributed by atoms with E-state index in [0.29, 0.717) is 11.3 Å². The highest BCUT2D eigenvalue weighted by Gasteiger charge is 2.07. The molecule has 0 heterocycles. The molecule has 0 atom stereocenters. The summed E-state index contributed by atoms with van der Waals surface area (Å²) >= 11 is 1.85. The number of ether oxygens (including phenoxy) is 1. The second kappa shape index (κ2) is 7.18. The van der Waals surface area contributed by atoms with Crippen molar-refractivity contribution in [1.29, 1.82) is 5.41 Å². The fourth-order valence-corrected chi connectivity index (χ4v) is 3.08. The van der Waals surface area contributed by atoms with Crippen LogP contribution in [0.3, 0.4) is 0 Å². The molecule has 21 heavy (non-hydrogen) atoms. The minimum atomic E-state index is 0.0392. The summed E-state index contributed by atoms with van der Waals surface area (Å²) in [7, 11) is 1.59. The minimum Gasteiger partial charge on any atom is -0.496 e. The first kappa shape index (κ1) is 15.4. The number of thioether (sulfide) groups is 1. The lowest BCUT2D eigenvalue weighted by molar-refractivity contribution is 0.413. The first-order valence-electron chi connectivity index (χ1n) is 6.74. The predicted molar refractivity (Wildman–Crippen MR) is 90.2 cm³/mol. The Morgan fingerprint density at radius 2 is 1.86 bits per heavy atom. The van der Waals surface area contributed by atoms with Crippen molar-refractivity contribution < 1.29 is 4.74 Å². The lowest BCUT2D eigenvalue weighted by Gasteiger charge is -2.09. The van der Waals surface area contributed by atoms with Crippen molar-refractivity contribution in [2.24, 2.45) is 5.73 Å². The van der Waals surface area contributed by atoms with Crippen LogP contribution in [-0.2, 0) is 11.5 Å². The minimum absolute atomic E-state index is 0.0392. The molecule has 0 aliphatic carbocycles. The van der Waals surface area contributed by atoms with Gasteiger partial charge in [-0.15, -0.1) is 0 Å². The molecular formula is C17H20N2OS. The molecule has 0 unspecified atom stereocenters. The van der Waals surface area contributed by atoms with Gasteiger partial charge in [-0.2, -0.15) is 11.8 Å². The molecule has 3 nitrogen and oxygen atoms in total. The Morgan fingerprint density at radius 3 is 2.48 bits per heavy atom. The van der Waals surface area contributed by atoms with Gasteiger partial charge in [-0.1, -0.05) is 35.9 Å². The smallest absolute Gasteiger partial charge is 0.129 e. The van der Waals surface area contributed by atoms with Crippen molar-refractivity contribution in [2.45, 2.75) is 18.4 Å². The molecule has 0 spiro atoms. The van der Waals surface area contributed by atoms with Crippen molar-refractivity contribution in [3.8, 4) is 5.75 Å². The molecule has 2 aromatic rings. The van der Waals surface area contributed by atoms with Gasteiger partial charge in [-0.05, 0) is 30.2 Å². The van der Waals surface area contributed by atoms with Crippen LogP contribution in [0.4, 0.5) is 0 Å². The third kappa shape index (κ3) is 4.26. The summed E-state index contributed by atoms with van der Waals surface area (Å²) in [6, 6.07) is 14.4. The van der Waals surface area contributed by atoms with E-state index in [1.165, 1.54) is 11.1 Å². The van der Waals surface area contributed by atoms with Crippen LogP contribution in [0.25, 0.3) is 0 Å². The topological polar surface area (TPSA) is 59.1 Å². The van der Waals surface area contributed by atoms with E-state index in [9.17, 15) is 0 Å². The van der Waals surface area contributed by atoms with Crippen LogP contribution >= 0.6 is 11.8 Å². The summed E-state index contributed by atoms with van der Waals surface area (Å²) in [5, 5.41) is 7.60. The summed E-state index contributed by atoms with van der Waals surface area (Å²) in [5.41, 5.74) is 10.0. The largest absolute Gasteiger partial charge is 0.496 e. The quantitative estimate of drug-likeness (QED) is 0.631. The van der Waals surface area contributed by atoms with E-state index in [2.05, 4.69) is 31.2 Å². The zero-order chi connectivity index (χ0) is 15.2. The highest BCUT2D eigenvalue weighted by atomic mass is 32.2. The Hall–Kier alpha value is -1.94. The maximum Gasteiger partial charge on any atom is 0.129 e. The fraction of sp³-hybridized carbons (Fsp3) is 0.235. The highest BCUT2D eigenvalue weighted by Crippen LogP contribution is 2.23. The SMILES string of the molecule is COc1ccc(CSCc2cccc(C)c2)cc1C(=N)N. The van der Waals surface area contributed by atoms with Gasteiger partial charge in [0.05, 0.1) is 12.7 Å². The number of nitrogens with two attached hydrogens (primary N) is 1. The molecule has 0 aliphatic rings. The van der Waals surface area contributed by atoms with E-state index in [1.807, 2.05) is 30.0 Å². The van der Waals surface area contributed by atoms with E-state index >= 15 is 0 Å². The molecule has 0 amide bonds. The zero-order valence-corrected chi connectivity index (χ0v) is 13.2. The van der Waals surface area contributed by atoms with Crippen molar-refractivity contribution in [1.82, 2.24) is 0 Å². The molecule has 110 valence electrons. The average Bonchev–Trinajstić information content (AvgIpc) is 2.47. The number of nitrogens with one attached hydrogen (secondary N) is 1. The van der Waals surface area contributed by atoms with Crippen molar-refractivity contribution in [3.63, 3.8) is 0 Å². The number of rotatable bonds is 6. The van der Waals surface area contributed by atoms with Gasteiger partial charge < -0.3 is 10.5 Å². The Morgan fingerprint density at radius 1 is 1.14 bits per heavy atom. The van der Waals surface area contributed by atoms with E-state index < -0.39 is 0 Å². The summed E-state index contributed by atoms with van der Waals surface area (Å²) in [5.74, 6) is 2.55. The molecule has 2 aromatic carbocycles. The molecular weight excluding hydrogens is 280 g/mol. The Labute approximate surface area is 130 Å². The standard InChI is InChI=1S/C17H20N2OS/c1-12-4-3-5-13(8-12)10-21-11-14-6-7-16(20-2)15(9-14)17(18)19/h3-9H,10-11H2,1-2H3,(H3,18,19). The molecule has 2 rings (SSSR count). The number of nitrogen functional groups attached to an aromatic ring is 1. The first-order chi connectivity index (χ1) is 10.1. The van der Waals surface area contributed by atoms with Gasteiger partial charge in [0.1, 0.15) is 11.6 Å². The lowest BCUT2D eigenvalue weighted by Crippen LogP contribution is -2.12. The zero-order valence-electron chi connectivity index (χ0n) is 12.3. The van der Waals surface area contributed by atoms with Gasteiger partial charge in [0.15, 0.2) is 0 Å². The van der Waals surface area contributed by atoms with Crippen LogP contribution in [0.2, 0.25) is 0 Å². The number of hydrogen-bond donors (Lipinski definition) is 2. The van der Waals surface area contributed by atoms with Crippen LogP contribution < -0.4 is 10.5 Å². The van der Waals surface area contributed by atoms with Gasteiger partial charge in [-0.25, -0.2) is 0 Å². The van der Waals surface area contributed by atoms with E-state index in [4.69, 9.17) is 15.9 Å². The monoisotopic (exact) mass is 300 g/mol. The number of aryl methyl sites for hydroxylation is 1. The van der Waals surface area contributed by atoms with Crippen LogP contribution in [0.5, 0.6) is 5.75 Å². The van der Waals surface area contributed by atoms with Crippen LogP contribution in [0, 0.1) is 12.3 Å². The van der Waals surface area contributed by atoms with Crippen molar-refractivity contribution >= 4 is 17.6 Å². The third-order valence-corrected chi connectivity index (χ3v) is 4.25. The van der Waals surface area contributed by atoms with Crippen LogP contribution in [-0.4, -0.2) is 12.9 Å². The first-order valence-corrected chi connectivity index (χ1v) is 7.90. The molecule has 0 aromatic heterocycles. The molecule has 0 saturated carbocycles. The Balaban J connectivity index is 2.00. The van der Waals surface area contributed by atoms with Gasteiger partial charge in [0.25, 0.3) is 0 Å². The third-order valence-electron chi connectivity index (χ3n) is 3.17. The van der Waals surface area contributed by atoms with E-state index in [1.54, 1.807) is 7.11 Å². The van der Waals surface area contributed by atoms with Crippen molar-refractivity contribution in [2.75, 3.05) is 7.11 Å². The fourth-order valence-electron chi connectivity index (χ4n) is 2.14. The number of benzene rings is 2. The number of hydrogen-bond acceptors (Lipinski definition) is 3. The molecule has 0 saturated heterocycles. The molecule has 0 radical (unpaired) electrons. The van der Waals surface area contributed by atoms with Gasteiger partial charge in [0.2, 0.25) is 0 Å². The molecule has 3 N–H and O–H groups in total. The Kier molecular flexibility index (Phi) is 5.28. The predicted octanol–water partition coefficient (Wildman–Crippen LogP) is 3.72. The second-order valence-corrected chi connectivity index (χ2v) is 5.92. The van der Waals surface area contributed by atoms with Gasteiger partial charge in [0, 0.05) is 11.5 Å². The summed E-state index contributed by atoms with van der Waals surface area (Å²) < 4.78 is 5.22. The van der Waals surface area contributed by atoms with Crippen molar-refractivity contribution in [3.05, 3.63) is 64.7 Å². The maximum atomic E-state index is 7.60. The summed E-state index contributed by atoms with van der Waals surface area (Å²) in [6.07, 6.45) is 0. The Bertz CT molecular complexity index is 640. The van der Waals surface area contributed by atoms with Crippen LogP contribution in [0.15, 0.2) is 42.5 Å². The highest BCUT2D eigenvalue weighted by molar-refractivity contribution is 7.97. The summed E-state index contributed by atoms with van der Waals surface area (Å²) in [4.78, 5) is 0. The van der Waals surface area contributed by atoms with E-state index in [0.717, 1.165) is 17.1 Å². The van der Waals surface area contributed by atoms with E-state index in [-0.39, 0.29) is 5.84 Å². The number of methoxy groups -OCH3 is 1. The average molecular weight is 300 g/mol. The maximum absolute atomic E-state index is 7.60. The molecule has 0 fully saturated rings. The number of amidine groups is 1. The molecule has 0 aliphatic heterocycles. The summed E-state index contributed by atoms with van der Waals surface area (Å²) in [6.45, 7) is 2.11. The molecule has 0 bridgehead atoms. The van der Waals surface area contributed by atoms with Gasteiger partial charge in [-0.3, -0.25) is 5.41 Å². The van der Waals surface area contributed by atoms with Crippen LogP contribution in [0.1, 0.15) is 22.3 Å². The lowest BCUT2D eigenvalue weighted by atomic mass is 10.1. The van der Waals surface area contributed by atoms with Gasteiger partial charge >= 0.3 is 0 Å². The second-order valence-electron chi connectivity index (χ2n) is 4.93. The molecule has 4 heteroatoms. The normalized spacial score (nSPS) is 10.4.